The first-order valence-electron chi connectivity index (χ1n) is 12.4. The third-order valence-electron chi connectivity index (χ3n) is 6.94. The lowest BCUT2D eigenvalue weighted by atomic mass is 9.70. The summed E-state index contributed by atoms with van der Waals surface area (Å²) in [7, 11) is 0. The van der Waals surface area contributed by atoms with Gasteiger partial charge in [0.25, 0.3) is 5.91 Å². The molecule has 6 nitrogen and oxygen atoms in total. The van der Waals surface area contributed by atoms with Gasteiger partial charge in [-0.25, -0.2) is 4.98 Å². The quantitative estimate of drug-likeness (QED) is 0.384. The molecule has 0 unspecified atom stereocenters. The van der Waals surface area contributed by atoms with Crippen LogP contribution in [0.1, 0.15) is 69.3 Å². The number of ether oxygens (including phenoxy) is 1. The van der Waals surface area contributed by atoms with Crippen molar-refractivity contribution < 1.29 is 22.7 Å². The molecule has 0 saturated heterocycles. The van der Waals surface area contributed by atoms with Crippen molar-refractivity contribution in [1.82, 2.24) is 14.9 Å². The number of aromatic nitrogens is 2. The van der Waals surface area contributed by atoms with Crippen LogP contribution in [0.15, 0.2) is 42.5 Å². The Bertz CT molecular complexity index is 1260. The molecule has 0 spiro atoms. The van der Waals surface area contributed by atoms with E-state index in [1.54, 1.807) is 0 Å². The van der Waals surface area contributed by atoms with Gasteiger partial charge in [0, 0.05) is 23.3 Å². The summed E-state index contributed by atoms with van der Waals surface area (Å²) < 4.78 is 43.8. The van der Waals surface area contributed by atoms with Crippen molar-refractivity contribution in [2.45, 2.75) is 71.3 Å². The maximum Gasteiger partial charge on any atom is 0.573 e. The normalized spacial score (nSPS) is 21.8. The Labute approximate surface area is 208 Å². The summed E-state index contributed by atoms with van der Waals surface area (Å²) in [6, 6.07) is 11.7. The number of nitrogens with zero attached hydrogens (tertiary/aromatic N) is 2. The Hall–Kier alpha value is -3.23. The number of benzene rings is 2. The monoisotopic (exact) mass is 500 g/mol. The lowest BCUT2D eigenvalue weighted by Crippen LogP contribution is -2.29. The van der Waals surface area contributed by atoms with Gasteiger partial charge in [-0.2, -0.15) is 0 Å². The Morgan fingerprint density at radius 3 is 2.47 bits per heavy atom. The maximum absolute atomic E-state index is 12.6. The van der Waals surface area contributed by atoms with Crippen molar-refractivity contribution >= 4 is 28.6 Å². The van der Waals surface area contributed by atoms with E-state index in [0.29, 0.717) is 28.6 Å². The minimum atomic E-state index is -4.74. The first-order chi connectivity index (χ1) is 17.0. The van der Waals surface area contributed by atoms with E-state index in [0.717, 1.165) is 37.6 Å². The minimum Gasteiger partial charge on any atom is -0.406 e. The molecule has 2 fully saturated rings. The highest BCUT2D eigenvalue weighted by Crippen LogP contribution is 2.46. The zero-order valence-electron chi connectivity index (χ0n) is 20.7. The molecule has 0 bridgehead atoms. The highest BCUT2D eigenvalue weighted by atomic mass is 19.4. The summed E-state index contributed by atoms with van der Waals surface area (Å²) in [5.74, 6) is 0.752. The van der Waals surface area contributed by atoms with Crippen LogP contribution in [0.25, 0.3) is 11.0 Å². The molecule has 36 heavy (non-hydrogen) atoms. The molecule has 5 rings (SSSR count). The third-order valence-corrected chi connectivity index (χ3v) is 6.94. The number of hydrogen-bond donors (Lipinski definition) is 2. The number of carbonyl (C=O) groups excluding carboxylic acids is 1. The summed E-state index contributed by atoms with van der Waals surface area (Å²) in [5, 5.41) is 6.31. The number of alkyl halides is 3. The summed E-state index contributed by atoms with van der Waals surface area (Å²) in [5.41, 5.74) is 2.95. The maximum atomic E-state index is 12.6. The molecule has 0 radical (unpaired) electrons. The lowest BCUT2D eigenvalue weighted by molar-refractivity contribution is -0.274. The number of halogens is 3. The summed E-state index contributed by atoms with van der Waals surface area (Å²) in [6.07, 6.45) is 0.395. The van der Waals surface area contributed by atoms with E-state index in [1.165, 1.54) is 24.3 Å². The Balaban J connectivity index is 1.50. The molecule has 2 aliphatic rings. The lowest BCUT2D eigenvalue weighted by Gasteiger charge is -2.40. The Kier molecular flexibility index (Phi) is 6.12. The number of rotatable bonds is 6. The number of hydrogen-bond acceptors (Lipinski definition) is 4. The number of amides is 1. The smallest absolute Gasteiger partial charge is 0.406 e. The van der Waals surface area contributed by atoms with E-state index in [1.807, 2.05) is 18.2 Å². The van der Waals surface area contributed by atoms with Crippen molar-refractivity contribution in [1.29, 1.82) is 0 Å². The minimum absolute atomic E-state index is 0.101. The van der Waals surface area contributed by atoms with E-state index >= 15 is 0 Å². The summed E-state index contributed by atoms with van der Waals surface area (Å²) in [6.45, 7) is 6.82. The first-order valence-corrected chi connectivity index (χ1v) is 12.4. The second kappa shape index (κ2) is 9.01. The average Bonchev–Trinajstić information content (AvgIpc) is 3.50. The number of nitrogens with one attached hydrogen (secondary N) is 2. The van der Waals surface area contributed by atoms with Crippen molar-refractivity contribution in [3.63, 3.8) is 0 Å². The molecule has 192 valence electrons. The molecular formula is C27H31F3N4O2. The van der Waals surface area contributed by atoms with Crippen molar-refractivity contribution in [2.24, 2.45) is 11.3 Å². The van der Waals surface area contributed by atoms with Gasteiger partial charge in [0.1, 0.15) is 5.75 Å². The van der Waals surface area contributed by atoms with Gasteiger partial charge in [0.15, 0.2) is 0 Å². The fourth-order valence-corrected chi connectivity index (χ4v) is 5.56. The van der Waals surface area contributed by atoms with Crippen LogP contribution in [-0.2, 0) is 0 Å². The van der Waals surface area contributed by atoms with Gasteiger partial charge in [-0.15, -0.1) is 13.2 Å². The van der Waals surface area contributed by atoms with Crippen LogP contribution >= 0.6 is 0 Å². The van der Waals surface area contributed by atoms with Crippen molar-refractivity contribution in [2.75, 3.05) is 5.32 Å². The molecule has 3 aromatic rings. The molecule has 2 N–H and O–H groups in total. The van der Waals surface area contributed by atoms with Gasteiger partial charge < -0.3 is 19.9 Å². The van der Waals surface area contributed by atoms with Gasteiger partial charge in [0.05, 0.1) is 11.0 Å². The third kappa shape index (κ3) is 5.60. The zero-order chi connectivity index (χ0) is 25.7. The van der Waals surface area contributed by atoms with Crippen LogP contribution < -0.4 is 15.4 Å². The summed E-state index contributed by atoms with van der Waals surface area (Å²) >= 11 is 0. The molecule has 2 saturated carbocycles. The molecule has 2 aliphatic carbocycles. The number of fused-ring (bicyclic) bond motifs is 1. The second-order valence-corrected chi connectivity index (χ2v) is 11.0. The van der Waals surface area contributed by atoms with E-state index < -0.39 is 6.36 Å². The molecule has 9 heteroatoms. The zero-order valence-corrected chi connectivity index (χ0v) is 20.7. The molecular weight excluding hydrogens is 469 g/mol. The number of imidazole rings is 1. The van der Waals surface area contributed by atoms with E-state index in [2.05, 4.69) is 40.7 Å². The average molecular weight is 501 g/mol. The predicted octanol–water partition coefficient (Wildman–Crippen LogP) is 6.96. The van der Waals surface area contributed by atoms with Gasteiger partial charge >= 0.3 is 6.36 Å². The SMILES string of the molecule is C[C@H]1C[C@@H](n2c(Nc3ccc(OC(F)(F)F)cc3)nc3cc(C(=O)NC4CC4)ccc32)CC(C)(C)C1. The van der Waals surface area contributed by atoms with E-state index in [-0.39, 0.29) is 29.2 Å². The van der Waals surface area contributed by atoms with Crippen molar-refractivity contribution in [3.05, 3.63) is 48.0 Å². The molecule has 0 aliphatic heterocycles. The van der Waals surface area contributed by atoms with Gasteiger partial charge in [-0.3, -0.25) is 4.79 Å². The van der Waals surface area contributed by atoms with Crippen LogP contribution in [-0.4, -0.2) is 27.9 Å². The number of anilines is 2. The van der Waals surface area contributed by atoms with Crippen LogP contribution in [0.5, 0.6) is 5.75 Å². The summed E-state index contributed by atoms with van der Waals surface area (Å²) in [4.78, 5) is 17.5. The first kappa shape index (κ1) is 24.5. The van der Waals surface area contributed by atoms with Gasteiger partial charge in [-0.05, 0) is 85.9 Å². The standard InChI is InChI=1S/C27H31F3N4O2/c1-16-12-20(15-26(2,3)14-16)34-23-11-4-17(24(35)31-18-5-6-18)13-22(23)33-25(34)32-19-7-9-21(10-8-19)36-27(28,29)30/h4,7-11,13,16,18,20H,5-6,12,14-15H2,1-3H3,(H,31,35)(H,32,33)/t16-,20+/m0/s1. The van der Waals surface area contributed by atoms with Crippen LogP contribution in [0.3, 0.4) is 0 Å². The molecule has 1 heterocycles. The highest BCUT2D eigenvalue weighted by molar-refractivity contribution is 5.98. The number of carbonyl (C=O) groups is 1. The highest BCUT2D eigenvalue weighted by Gasteiger charge is 2.35. The van der Waals surface area contributed by atoms with Gasteiger partial charge in [0.2, 0.25) is 5.95 Å². The fourth-order valence-electron chi connectivity index (χ4n) is 5.56. The predicted molar refractivity (Wildman–Crippen MR) is 132 cm³/mol. The van der Waals surface area contributed by atoms with Crippen LogP contribution in [0.4, 0.5) is 24.8 Å². The second-order valence-electron chi connectivity index (χ2n) is 11.0. The molecule has 2 aromatic carbocycles. The van der Waals surface area contributed by atoms with E-state index in [4.69, 9.17) is 4.98 Å². The Morgan fingerprint density at radius 2 is 1.83 bits per heavy atom. The largest absolute Gasteiger partial charge is 0.573 e. The molecule has 1 amide bonds. The van der Waals surface area contributed by atoms with E-state index in [9.17, 15) is 18.0 Å². The Morgan fingerprint density at radius 1 is 1.11 bits per heavy atom. The van der Waals surface area contributed by atoms with Crippen LogP contribution in [0.2, 0.25) is 0 Å². The van der Waals surface area contributed by atoms with Crippen molar-refractivity contribution in [3.8, 4) is 5.75 Å². The topological polar surface area (TPSA) is 68.2 Å². The fraction of sp³-hybridized carbons (Fsp3) is 0.481. The van der Waals surface area contributed by atoms with Crippen LogP contribution in [0, 0.1) is 11.3 Å². The van der Waals surface area contributed by atoms with Gasteiger partial charge in [-0.1, -0.05) is 20.8 Å². The molecule has 1 aromatic heterocycles. The molecule has 2 atom stereocenters.